The molecule has 1 amide bonds. The van der Waals surface area contributed by atoms with E-state index in [-0.39, 0.29) is 5.91 Å². The Bertz CT molecular complexity index is 1150. The first-order chi connectivity index (χ1) is 13.4. The molecule has 0 bridgehead atoms. The number of rotatable bonds is 3. The highest BCUT2D eigenvalue weighted by Crippen LogP contribution is 2.35. The Labute approximate surface area is 177 Å². The van der Waals surface area contributed by atoms with Gasteiger partial charge in [0, 0.05) is 28.7 Å². The zero-order chi connectivity index (χ0) is 19.8. The summed E-state index contributed by atoms with van der Waals surface area (Å²) < 4.78 is 2.21. The summed E-state index contributed by atoms with van der Waals surface area (Å²) in [5.41, 5.74) is 2.67. The lowest BCUT2D eigenvalue weighted by molar-refractivity contribution is -0.115. The van der Waals surface area contributed by atoms with Crippen LogP contribution in [0.2, 0.25) is 10.0 Å². The highest BCUT2D eigenvalue weighted by Gasteiger charge is 2.25. The van der Waals surface area contributed by atoms with E-state index in [4.69, 9.17) is 23.2 Å². The van der Waals surface area contributed by atoms with Crippen molar-refractivity contribution in [3.05, 3.63) is 69.2 Å². The Kier molecular flexibility index (Phi) is 5.23. The first-order valence-electron chi connectivity index (χ1n) is 8.77. The van der Waals surface area contributed by atoms with E-state index in [0.29, 0.717) is 31.8 Å². The minimum Gasteiger partial charge on any atom is -0.344 e. The number of nitrogens with zero attached hydrogens (tertiary/aromatic N) is 2. The van der Waals surface area contributed by atoms with Crippen LogP contribution in [0.5, 0.6) is 0 Å². The summed E-state index contributed by atoms with van der Waals surface area (Å²) in [7, 11) is 0. The van der Waals surface area contributed by atoms with Gasteiger partial charge in [-0.25, -0.2) is 4.99 Å². The van der Waals surface area contributed by atoms with Crippen LogP contribution in [-0.2, 0) is 4.79 Å². The van der Waals surface area contributed by atoms with Crippen molar-refractivity contribution in [1.29, 1.82) is 0 Å². The summed E-state index contributed by atoms with van der Waals surface area (Å²) in [6, 6.07) is 13.7. The molecule has 0 saturated carbocycles. The fourth-order valence-electron chi connectivity index (χ4n) is 3.08. The molecule has 0 atom stereocenters. The van der Waals surface area contributed by atoms with Crippen molar-refractivity contribution in [2.75, 3.05) is 0 Å². The van der Waals surface area contributed by atoms with Crippen molar-refractivity contribution in [1.82, 2.24) is 9.88 Å². The van der Waals surface area contributed by atoms with Gasteiger partial charge in [0.15, 0.2) is 5.17 Å². The third-order valence-electron chi connectivity index (χ3n) is 4.42. The minimum absolute atomic E-state index is 0.178. The smallest absolute Gasteiger partial charge is 0.264 e. The number of benzene rings is 2. The monoisotopic (exact) mass is 429 g/mol. The normalized spacial score (nSPS) is 17.2. The number of halogens is 2. The summed E-state index contributed by atoms with van der Waals surface area (Å²) in [6.07, 6.45) is 3.99. The number of aromatic nitrogens is 1. The molecule has 0 spiro atoms. The van der Waals surface area contributed by atoms with Crippen molar-refractivity contribution < 1.29 is 4.79 Å². The van der Waals surface area contributed by atoms with E-state index < -0.39 is 0 Å². The Morgan fingerprint density at radius 3 is 2.71 bits per heavy atom. The quantitative estimate of drug-likeness (QED) is 0.488. The molecule has 2 aromatic carbocycles. The van der Waals surface area contributed by atoms with Crippen LogP contribution in [0.15, 0.2) is 58.6 Å². The van der Waals surface area contributed by atoms with Crippen molar-refractivity contribution in [2.24, 2.45) is 4.99 Å². The lowest BCUT2D eigenvalue weighted by atomic mass is 10.1. The number of carbonyl (C=O) groups excluding carboxylic acids is 1. The molecule has 0 aliphatic carbocycles. The van der Waals surface area contributed by atoms with Crippen LogP contribution in [0.4, 0.5) is 5.69 Å². The van der Waals surface area contributed by atoms with Gasteiger partial charge in [-0.2, -0.15) is 0 Å². The van der Waals surface area contributed by atoms with Crippen LogP contribution in [0, 0.1) is 0 Å². The van der Waals surface area contributed by atoms with Crippen molar-refractivity contribution in [2.45, 2.75) is 19.9 Å². The molecule has 1 saturated heterocycles. The van der Waals surface area contributed by atoms with Gasteiger partial charge in [0.2, 0.25) is 0 Å². The minimum atomic E-state index is -0.178. The van der Waals surface area contributed by atoms with Crippen LogP contribution in [0.25, 0.3) is 17.0 Å². The van der Waals surface area contributed by atoms with Gasteiger partial charge in [0.1, 0.15) is 0 Å². The number of aliphatic imine (C=N–C) groups is 1. The number of hydrogen-bond acceptors (Lipinski definition) is 3. The predicted octanol–water partition coefficient (Wildman–Crippen LogP) is 6.42. The fourth-order valence-corrected chi connectivity index (χ4v) is 4.25. The molecule has 7 heteroatoms. The first-order valence-corrected chi connectivity index (χ1v) is 10.3. The fraction of sp³-hybridized carbons (Fsp3) is 0.143. The van der Waals surface area contributed by atoms with Crippen LogP contribution >= 0.6 is 35.0 Å². The zero-order valence-electron chi connectivity index (χ0n) is 15.2. The van der Waals surface area contributed by atoms with E-state index in [9.17, 15) is 4.79 Å². The maximum atomic E-state index is 12.5. The van der Waals surface area contributed by atoms with E-state index >= 15 is 0 Å². The molecule has 4 rings (SSSR count). The number of fused-ring (bicyclic) bond motifs is 1. The van der Waals surface area contributed by atoms with Crippen molar-refractivity contribution in [3.8, 4) is 0 Å². The third-order valence-corrected chi connectivity index (χ3v) is 6.14. The number of carbonyl (C=O) groups is 1. The molecule has 4 nitrogen and oxygen atoms in total. The lowest BCUT2D eigenvalue weighted by Crippen LogP contribution is -2.19. The largest absolute Gasteiger partial charge is 0.344 e. The molecule has 2 heterocycles. The van der Waals surface area contributed by atoms with Crippen molar-refractivity contribution >= 4 is 68.7 Å². The molecule has 1 N–H and O–H groups in total. The summed E-state index contributed by atoms with van der Waals surface area (Å²) >= 11 is 13.5. The summed E-state index contributed by atoms with van der Waals surface area (Å²) in [4.78, 5) is 17.5. The van der Waals surface area contributed by atoms with Crippen LogP contribution in [0.3, 0.4) is 0 Å². The number of hydrogen-bond donors (Lipinski definition) is 1. The molecule has 0 radical (unpaired) electrons. The van der Waals surface area contributed by atoms with Crippen LogP contribution < -0.4 is 5.32 Å². The predicted molar refractivity (Wildman–Crippen MR) is 120 cm³/mol. The Morgan fingerprint density at radius 2 is 1.93 bits per heavy atom. The number of thioether (sulfide) groups is 1. The molecule has 1 fully saturated rings. The first kappa shape index (κ1) is 19.1. The second-order valence-electron chi connectivity index (χ2n) is 6.66. The van der Waals surface area contributed by atoms with E-state index in [1.165, 1.54) is 11.8 Å². The Morgan fingerprint density at radius 1 is 1.14 bits per heavy atom. The average Bonchev–Trinajstić information content (AvgIpc) is 3.20. The summed E-state index contributed by atoms with van der Waals surface area (Å²) in [5.74, 6) is -0.178. The van der Waals surface area contributed by atoms with Crippen LogP contribution in [-0.4, -0.2) is 15.6 Å². The lowest BCUT2D eigenvalue weighted by Gasteiger charge is -2.08. The molecular formula is C21H17Cl2N3OS. The third kappa shape index (κ3) is 3.58. The molecule has 1 aliphatic heterocycles. The Hall–Kier alpha value is -2.21. The number of amidine groups is 1. The van der Waals surface area contributed by atoms with Gasteiger partial charge in [-0.3, -0.25) is 4.79 Å². The molecule has 3 aromatic rings. The average molecular weight is 430 g/mol. The van der Waals surface area contributed by atoms with Crippen LogP contribution in [0.1, 0.15) is 25.5 Å². The number of nitrogens with one attached hydrogen (secondary N) is 1. The highest BCUT2D eigenvalue weighted by atomic mass is 35.5. The van der Waals surface area contributed by atoms with Gasteiger partial charge in [0.25, 0.3) is 5.91 Å². The summed E-state index contributed by atoms with van der Waals surface area (Å²) in [6.45, 7) is 4.28. The van der Waals surface area contributed by atoms with Crippen molar-refractivity contribution in [3.63, 3.8) is 0 Å². The molecule has 28 heavy (non-hydrogen) atoms. The summed E-state index contributed by atoms with van der Waals surface area (Å²) in [5, 5.41) is 5.18. The SMILES string of the molecule is CC(C)n1cc(/C=C2/SC(=Nc3cccc(Cl)c3Cl)NC2=O)c2ccccc21. The number of para-hydroxylation sites is 1. The van der Waals surface area contributed by atoms with E-state index in [2.05, 4.69) is 47.1 Å². The Balaban J connectivity index is 1.70. The van der Waals surface area contributed by atoms with E-state index in [1.807, 2.05) is 18.2 Å². The standard InChI is InChI=1S/C21H17Cl2N3OS/c1-12(2)26-11-13(14-6-3-4-9-17(14)26)10-18-20(27)25-21(28-18)24-16-8-5-7-15(22)19(16)23/h3-12H,1-2H3,(H,24,25,27)/b18-10+. The molecule has 1 aromatic heterocycles. The molecule has 0 unspecified atom stereocenters. The van der Waals surface area contributed by atoms with Gasteiger partial charge in [-0.15, -0.1) is 0 Å². The highest BCUT2D eigenvalue weighted by molar-refractivity contribution is 8.18. The number of amides is 1. The molecule has 142 valence electrons. The van der Waals surface area contributed by atoms with E-state index in [0.717, 1.165) is 16.5 Å². The van der Waals surface area contributed by atoms with Gasteiger partial charge < -0.3 is 9.88 Å². The molecule has 1 aliphatic rings. The topological polar surface area (TPSA) is 46.4 Å². The second kappa shape index (κ2) is 7.66. The van der Waals surface area contributed by atoms with Gasteiger partial charge in [-0.1, -0.05) is 47.5 Å². The van der Waals surface area contributed by atoms with Gasteiger partial charge in [0.05, 0.1) is 20.6 Å². The van der Waals surface area contributed by atoms with E-state index in [1.54, 1.807) is 18.2 Å². The maximum Gasteiger partial charge on any atom is 0.264 e. The second-order valence-corrected chi connectivity index (χ2v) is 8.47. The molecular weight excluding hydrogens is 413 g/mol. The van der Waals surface area contributed by atoms with Gasteiger partial charge >= 0.3 is 0 Å². The zero-order valence-corrected chi connectivity index (χ0v) is 17.6. The maximum absolute atomic E-state index is 12.5. The van der Waals surface area contributed by atoms with Gasteiger partial charge in [-0.05, 0) is 49.9 Å².